The number of primary amides is 1. The Labute approximate surface area is 256 Å². The van der Waals surface area contributed by atoms with E-state index in [4.69, 9.17) is 15.6 Å². The lowest BCUT2D eigenvalue weighted by Gasteiger charge is -2.30. The molecule has 2 saturated heterocycles. The lowest BCUT2D eigenvalue weighted by Crippen LogP contribution is -2.32. The van der Waals surface area contributed by atoms with Gasteiger partial charge in [0.25, 0.3) is 5.91 Å². The number of anilines is 2. The fourth-order valence-corrected chi connectivity index (χ4v) is 7.46. The number of aromatic nitrogens is 2. The summed E-state index contributed by atoms with van der Waals surface area (Å²) in [5, 5.41) is 11.9. The van der Waals surface area contributed by atoms with Gasteiger partial charge in [-0.25, -0.2) is 12.8 Å². The molecule has 1 aromatic heterocycles. The number of H-pyrrole nitrogens is 1. The highest BCUT2D eigenvalue weighted by Gasteiger charge is 2.28. The summed E-state index contributed by atoms with van der Waals surface area (Å²) in [4.78, 5) is 17.4. The molecule has 12 heteroatoms. The molecule has 0 aliphatic carbocycles. The van der Waals surface area contributed by atoms with E-state index in [2.05, 4.69) is 27.1 Å². The summed E-state index contributed by atoms with van der Waals surface area (Å²) in [5.41, 5.74) is 9.54. The molecule has 0 spiro atoms. The van der Waals surface area contributed by atoms with Crippen molar-refractivity contribution >= 4 is 38.0 Å². The van der Waals surface area contributed by atoms with Crippen molar-refractivity contribution in [3.8, 4) is 11.3 Å². The van der Waals surface area contributed by atoms with Crippen molar-refractivity contribution in [2.75, 3.05) is 56.2 Å². The van der Waals surface area contributed by atoms with Crippen molar-refractivity contribution in [2.45, 2.75) is 42.0 Å². The van der Waals surface area contributed by atoms with Crippen molar-refractivity contribution in [3.05, 3.63) is 66.0 Å². The van der Waals surface area contributed by atoms with Crippen molar-refractivity contribution in [1.29, 1.82) is 0 Å². The van der Waals surface area contributed by atoms with Crippen molar-refractivity contribution in [3.63, 3.8) is 0 Å². The van der Waals surface area contributed by atoms with Crippen LogP contribution in [-0.4, -0.2) is 81.4 Å². The molecule has 0 bridgehead atoms. The van der Waals surface area contributed by atoms with Crippen molar-refractivity contribution < 1.29 is 22.3 Å². The van der Waals surface area contributed by atoms with E-state index in [1.165, 1.54) is 24.3 Å². The molecule has 6 rings (SSSR count). The Morgan fingerprint density at radius 3 is 2.61 bits per heavy atom. The number of likely N-dealkylation sites (N-methyl/N-ethyl adjacent to an activating group) is 1. The number of rotatable bonds is 8. The van der Waals surface area contributed by atoms with Gasteiger partial charge in [-0.2, -0.15) is 5.10 Å². The number of ether oxygens (including phenoxy) is 1. The van der Waals surface area contributed by atoms with Gasteiger partial charge < -0.3 is 25.6 Å². The molecule has 4 aromatic rings. The molecule has 1 amide bonds. The van der Waals surface area contributed by atoms with E-state index in [-0.39, 0.29) is 15.8 Å². The number of aromatic amines is 1. The third-order valence-electron chi connectivity index (χ3n) is 8.58. The van der Waals surface area contributed by atoms with Gasteiger partial charge in [0.15, 0.2) is 0 Å². The topological polar surface area (TPSA) is 134 Å². The number of hydrogen-bond acceptors (Lipinski definition) is 8. The molecule has 10 nitrogen and oxygen atoms in total. The van der Waals surface area contributed by atoms with Crippen LogP contribution in [0.3, 0.4) is 0 Å². The summed E-state index contributed by atoms with van der Waals surface area (Å²) in [6.07, 6.45) is 2.48. The van der Waals surface area contributed by atoms with Crippen LogP contribution < -0.4 is 16.0 Å². The second-order valence-corrected chi connectivity index (χ2v) is 13.2. The Morgan fingerprint density at radius 1 is 1.07 bits per heavy atom. The zero-order valence-electron chi connectivity index (χ0n) is 24.7. The molecule has 4 N–H and O–H groups in total. The van der Waals surface area contributed by atoms with Gasteiger partial charge >= 0.3 is 0 Å². The largest absolute Gasteiger partial charge is 0.381 e. The Bertz CT molecular complexity index is 1790. The average molecular weight is 621 g/mol. The molecule has 3 aromatic carbocycles. The third-order valence-corrected chi connectivity index (χ3v) is 10.3. The van der Waals surface area contributed by atoms with Crippen LogP contribution in [0.1, 0.15) is 36.5 Å². The second-order valence-electron chi connectivity index (χ2n) is 11.3. The fourth-order valence-electron chi connectivity index (χ4n) is 6.15. The molecule has 0 saturated carbocycles. The molecule has 232 valence electrons. The lowest BCUT2D eigenvalue weighted by molar-refractivity contribution is 0.0904. The molecule has 2 fully saturated rings. The first-order chi connectivity index (χ1) is 21.3. The number of hydrogen-bond donors (Lipinski definition) is 3. The number of carbonyl (C=O) groups excluding carboxylic acids is 1. The molecule has 2 aliphatic rings. The standard InChI is InChI=1S/C32H37FN6O4S/c1-2-38-13-4-14-39(16-15-38)28-10-8-25(32(34)40)30(35-22-11-17-43-18-12-22)29(28)31-26-20-24(7-9-27(26)36-37-31)44(41,42)23-6-3-5-21(33)19-23/h3,5-10,19-20,22,35H,2,4,11-18H2,1H3,(H2,34,40)(H,36,37). The van der Waals surface area contributed by atoms with Crippen LogP contribution in [0.25, 0.3) is 22.2 Å². The van der Waals surface area contributed by atoms with E-state index < -0.39 is 21.6 Å². The molecule has 3 heterocycles. The Kier molecular flexibility index (Phi) is 8.57. The van der Waals surface area contributed by atoms with Gasteiger partial charge in [-0.1, -0.05) is 13.0 Å². The van der Waals surface area contributed by atoms with Crippen LogP contribution in [0, 0.1) is 5.82 Å². The number of halogens is 1. The van der Waals surface area contributed by atoms with E-state index >= 15 is 0 Å². The van der Waals surface area contributed by atoms with Crippen LogP contribution in [-0.2, 0) is 14.6 Å². The normalized spacial score (nSPS) is 17.1. The van der Waals surface area contributed by atoms with E-state index in [1.54, 1.807) is 18.2 Å². The summed E-state index contributed by atoms with van der Waals surface area (Å²) in [6, 6.07) is 13.4. The highest BCUT2D eigenvalue weighted by atomic mass is 32.2. The maximum absolute atomic E-state index is 14.0. The van der Waals surface area contributed by atoms with Gasteiger partial charge in [-0.05, 0) is 80.9 Å². The van der Waals surface area contributed by atoms with Gasteiger partial charge in [0.05, 0.1) is 32.1 Å². The molecular weight excluding hydrogens is 583 g/mol. The van der Waals surface area contributed by atoms with Crippen LogP contribution >= 0.6 is 0 Å². The summed E-state index contributed by atoms with van der Waals surface area (Å²) in [7, 11) is -4.03. The molecule has 0 atom stereocenters. The van der Waals surface area contributed by atoms with Gasteiger partial charge in [0.2, 0.25) is 9.84 Å². The predicted molar refractivity (Wildman–Crippen MR) is 168 cm³/mol. The first kappa shape index (κ1) is 30.0. The van der Waals surface area contributed by atoms with Crippen molar-refractivity contribution in [1.82, 2.24) is 15.1 Å². The number of nitrogens with two attached hydrogens (primary N) is 1. The zero-order valence-corrected chi connectivity index (χ0v) is 25.5. The fraction of sp³-hybridized carbons (Fsp3) is 0.375. The number of amides is 1. The smallest absolute Gasteiger partial charge is 0.250 e. The maximum Gasteiger partial charge on any atom is 0.250 e. The minimum atomic E-state index is -4.03. The molecule has 0 radical (unpaired) electrons. The SMILES string of the molecule is CCN1CCCN(c2ccc(C(N)=O)c(NC3CCOCC3)c2-c2n[nH]c3ccc(S(=O)(=O)c4cccc(F)c4)cc23)CC1. The van der Waals surface area contributed by atoms with E-state index in [0.29, 0.717) is 46.6 Å². The van der Waals surface area contributed by atoms with E-state index in [1.807, 2.05) is 6.07 Å². The minimum Gasteiger partial charge on any atom is -0.381 e. The molecule has 44 heavy (non-hydrogen) atoms. The Morgan fingerprint density at radius 2 is 1.86 bits per heavy atom. The number of nitrogens with one attached hydrogen (secondary N) is 2. The Hall–Kier alpha value is -4.00. The lowest BCUT2D eigenvalue weighted by atomic mass is 9.96. The second kappa shape index (κ2) is 12.5. The Balaban J connectivity index is 1.55. The number of benzene rings is 3. The zero-order chi connectivity index (χ0) is 30.8. The summed E-state index contributed by atoms with van der Waals surface area (Å²) in [5.74, 6) is -1.21. The van der Waals surface area contributed by atoms with Crippen LogP contribution in [0.4, 0.5) is 15.8 Å². The number of fused-ring (bicyclic) bond motifs is 1. The highest BCUT2D eigenvalue weighted by Crippen LogP contribution is 2.43. The summed E-state index contributed by atoms with van der Waals surface area (Å²) >= 11 is 0. The average Bonchev–Trinajstić information content (AvgIpc) is 3.29. The third kappa shape index (κ3) is 5.89. The number of carbonyl (C=O) groups is 1. The van der Waals surface area contributed by atoms with Gasteiger partial charge in [0, 0.05) is 50.0 Å². The first-order valence-corrected chi connectivity index (χ1v) is 16.5. The van der Waals surface area contributed by atoms with Gasteiger partial charge in [-0.3, -0.25) is 9.89 Å². The molecule has 2 aliphatic heterocycles. The molecular formula is C32H37FN6O4S. The van der Waals surface area contributed by atoms with Crippen LogP contribution in [0.5, 0.6) is 0 Å². The monoisotopic (exact) mass is 620 g/mol. The van der Waals surface area contributed by atoms with E-state index in [9.17, 15) is 17.6 Å². The van der Waals surface area contributed by atoms with Crippen molar-refractivity contribution in [2.24, 2.45) is 5.73 Å². The molecule has 0 unspecified atom stereocenters. The van der Waals surface area contributed by atoms with E-state index in [0.717, 1.165) is 63.7 Å². The van der Waals surface area contributed by atoms with Gasteiger partial charge in [-0.15, -0.1) is 0 Å². The highest BCUT2D eigenvalue weighted by molar-refractivity contribution is 7.91. The number of sulfone groups is 1. The van der Waals surface area contributed by atoms with Gasteiger partial charge in [0.1, 0.15) is 11.5 Å². The first-order valence-electron chi connectivity index (χ1n) is 15.0. The maximum atomic E-state index is 14.0. The summed E-state index contributed by atoms with van der Waals surface area (Å²) < 4.78 is 46.8. The number of nitrogens with zero attached hydrogens (tertiary/aromatic N) is 3. The van der Waals surface area contributed by atoms with Crippen LogP contribution in [0.2, 0.25) is 0 Å². The summed E-state index contributed by atoms with van der Waals surface area (Å²) in [6.45, 7) is 7.77. The van der Waals surface area contributed by atoms with Crippen LogP contribution in [0.15, 0.2) is 64.4 Å². The minimum absolute atomic E-state index is 0.0122. The quantitative estimate of drug-likeness (QED) is 0.264. The predicted octanol–water partition coefficient (Wildman–Crippen LogP) is 4.42.